The minimum Gasteiger partial charge on any atom is -0.459 e. The molecule has 15 heavy (non-hydrogen) atoms. The Morgan fingerprint density at radius 2 is 2.20 bits per heavy atom. The SMILES string of the molecule is Nc1cc(F)ccc1C(=O)OC1CCC1. The van der Waals surface area contributed by atoms with E-state index in [-0.39, 0.29) is 17.4 Å². The molecule has 0 saturated heterocycles. The molecule has 4 heteroatoms. The number of benzene rings is 1. The molecule has 1 aromatic carbocycles. The van der Waals surface area contributed by atoms with Gasteiger partial charge in [0.1, 0.15) is 11.9 Å². The Kier molecular flexibility index (Phi) is 2.58. The number of halogens is 1. The van der Waals surface area contributed by atoms with Gasteiger partial charge in [0, 0.05) is 5.69 Å². The summed E-state index contributed by atoms with van der Waals surface area (Å²) in [5.74, 6) is -0.912. The van der Waals surface area contributed by atoms with Gasteiger partial charge < -0.3 is 10.5 Å². The number of rotatable bonds is 2. The first-order valence-electron chi connectivity index (χ1n) is 4.93. The van der Waals surface area contributed by atoms with Crippen LogP contribution in [0.25, 0.3) is 0 Å². The third kappa shape index (κ3) is 2.09. The fourth-order valence-electron chi connectivity index (χ4n) is 1.42. The van der Waals surface area contributed by atoms with Crippen LogP contribution in [0.1, 0.15) is 29.6 Å². The van der Waals surface area contributed by atoms with Crippen LogP contribution < -0.4 is 5.73 Å². The zero-order chi connectivity index (χ0) is 10.8. The lowest BCUT2D eigenvalue weighted by Gasteiger charge is -2.25. The van der Waals surface area contributed by atoms with Crippen molar-refractivity contribution in [2.24, 2.45) is 0 Å². The molecule has 1 aliphatic rings. The van der Waals surface area contributed by atoms with Crippen LogP contribution >= 0.6 is 0 Å². The van der Waals surface area contributed by atoms with E-state index in [0.29, 0.717) is 0 Å². The van der Waals surface area contributed by atoms with Crippen molar-refractivity contribution in [3.63, 3.8) is 0 Å². The topological polar surface area (TPSA) is 52.3 Å². The zero-order valence-corrected chi connectivity index (χ0v) is 8.20. The lowest BCUT2D eigenvalue weighted by molar-refractivity contribution is 0.00913. The van der Waals surface area contributed by atoms with Crippen molar-refractivity contribution in [1.29, 1.82) is 0 Å². The van der Waals surface area contributed by atoms with Crippen LogP contribution in [0.2, 0.25) is 0 Å². The fraction of sp³-hybridized carbons (Fsp3) is 0.364. The molecule has 3 nitrogen and oxygen atoms in total. The molecule has 0 aliphatic heterocycles. The van der Waals surface area contributed by atoms with Crippen molar-refractivity contribution < 1.29 is 13.9 Å². The van der Waals surface area contributed by atoms with Crippen LogP contribution in [0.5, 0.6) is 0 Å². The molecule has 0 amide bonds. The zero-order valence-electron chi connectivity index (χ0n) is 8.20. The van der Waals surface area contributed by atoms with E-state index < -0.39 is 11.8 Å². The number of nitrogens with two attached hydrogens (primary N) is 1. The Hall–Kier alpha value is -1.58. The number of nitrogen functional groups attached to an aromatic ring is 1. The second-order valence-electron chi connectivity index (χ2n) is 3.69. The van der Waals surface area contributed by atoms with Crippen molar-refractivity contribution in [3.05, 3.63) is 29.6 Å². The third-order valence-electron chi connectivity index (χ3n) is 2.56. The van der Waals surface area contributed by atoms with Gasteiger partial charge in [-0.2, -0.15) is 0 Å². The Bertz CT molecular complexity index is 388. The predicted octanol–water partition coefficient (Wildman–Crippen LogP) is 2.12. The number of hydrogen-bond acceptors (Lipinski definition) is 3. The highest BCUT2D eigenvalue weighted by atomic mass is 19.1. The lowest BCUT2D eigenvalue weighted by atomic mass is 9.96. The first-order valence-corrected chi connectivity index (χ1v) is 4.93. The molecule has 0 atom stereocenters. The Labute approximate surface area is 87.0 Å². The Morgan fingerprint density at radius 1 is 1.47 bits per heavy atom. The van der Waals surface area contributed by atoms with Gasteiger partial charge in [-0.05, 0) is 37.5 Å². The molecule has 80 valence electrons. The minimum absolute atomic E-state index is 0.0157. The van der Waals surface area contributed by atoms with E-state index >= 15 is 0 Å². The summed E-state index contributed by atoms with van der Waals surface area (Å²) in [6.07, 6.45) is 2.93. The summed E-state index contributed by atoms with van der Waals surface area (Å²) in [5.41, 5.74) is 5.88. The van der Waals surface area contributed by atoms with Gasteiger partial charge in [-0.15, -0.1) is 0 Å². The molecule has 2 N–H and O–H groups in total. The summed E-state index contributed by atoms with van der Waals surface area (Å²) in [4.78, 5) is 11.6. The highest BCUT2D eigenvalue weighted by molar-refractivity contribution is 5.95. The van der Waals surface area contributed by atoms with Gasteiger partial charge in [-0.3, -0.25) is 0 Å². The Morgan fingerprint density at radius 3 is 2.73 bits per heavy atom. The first kappa shape index (κ1) is 9.96. The summed E-state index contributed by atoms with van der Waals surface area (Å²) in [7, 11) is 0. The number of ether oxygens (including phenoxy) is 1. The monoisotopic (exact) mass is 209 g/mol. The van der Waals surface area contributed by atoms with Crippen LogP contribution in [-0.4, -0.2) is 12.1 Å². The van der Waals surface area contributed by atoms with E-state index in [1.165, 1.54) is 12.1 Å². The first-order chi connectivity index (χ1) is 7.16. The second kappa shape index (κ2) is 3.88. The molecule has 1 aliphatic carbocycles. The standard InChI is InChI=1S/C11H12FNO2/c12-7-4-5-9(10(13)6-7)11(14)15-8-2-1-3-8/h4-6,8H,1-3,13H2. The normalized spacial score (nSPS) is 15.8. The predicted molar refractivity (Wildman–Crippen MR) is 53.9 cm³/mol. The number of carbonyl (C=O) groups excluding carboxylic acids is 1. The largest absolute Gasteiger partial charge is 0.459 e. The molecule has 0 unspecified atom stereocenters. The van der Waals surface area contributed by atoms with Crippen LogP contribution in [0.4, 0.5) is 10.1 Å². The average molecular weight is 209 g/mol. The summed E-state index contributed by atoms with van der Waals surface area (Å²) in [6, 6.07) is 3.68. The molecular formula is C11H12FNO2. The van der Waals surface area contributed by atoms with Gasteiger partial charge in [0.15, 0.2) is 0 Å². The van der Waals surface area contributed by atoms with Crippen molar-refractivity contribution in [2.45, 2.75) is 25.4 Å². The van der Waals surface area contributed by atoms with E-state index in [0.717, 1.165) is 25.3 Å². The molecule has 0 spiro atoms. The fourth-order valence-corrected chi connectivity index (χ4v) is 1.42. The maximum Gasteiger partial charge on any atom is 0.340 e. The molecule has 0 bridgehead atoms. The molecule has 0 heterocycles. The van der Waals surface area contributed by atoms with E-state index in [4.69, 9.17) is 10.5 Å². The minimum atomic E-state index is -0.461. The van der Waals surface area contributed by atoms with Crippen LogP contribution in [-0.2, 0) is 4.74 Å². The molecule has 0 aromatic heterocycles. The molecule has 1 aromatic rings. The average Bonchev–Trinajstić information content (AvgIpc) is 2.11. The van der Waals surface area contributed by atoms with Gasteiger partial charge in [-0.1, -0.05) is 0 Å². The maximum absolute atomic E-state index is 12.7. The summed E-state index contributed by atoms with van der Waals surface area (Å²) >= 11 is 0. The second-order valence-corrected chi connectivity index (χ2v) is 3.69. The maximum atomic E-state index is 12.7. The van der Waals surface area contributed by atoms with Crippen LogP contribution in [0.3, 0.4) is 0 Å². The number of anilines is 1. The van der Waals surface area contributed by atoms with Gasteiger partial charge in [0.25, 0.3) is 0 Å². The number of hydrogen-bond donors (Lipinski definition) is 1. The van der Waals surface area contributed by atoms with E-state index in [1.807, 2.05) is 0 Å². The van der Waals surface area contributed by atoms with Gasteiger partial charge in [0.05, 0.1) is 5.56 Å². The van der Waals surface area contributed by atoms with E-state index in [9.17, 15) is 9.18 Å². The Balaban J connectivity index is 2.10. The van der Waals surface area contributed by atoms with E-state index in [1.54, 1.807) is 0 Å². The van der Waals surface area contributed by atoms with Gasteiger partial charge in [0.2, 0.25) is 0 Å². The lowest BCUT2D eigenvalue weighted by Crippen LogP contribution is -2.25. The van der Waals surface area contributed by atoms with Crippen LogP contribution in [0, 0.1) is 5.82 Å². The summed E-state index contributed by atoms with van der Waals surface area (Å²) in [6.45, 7) is 0. The molecular weight excluding hydrogens is 197 g/mol. The van der Waals surface area contributed by atoms with Crippen molar-refractivity contribution in [3.8, 4) is 0 Å². The van der Waals surface area contributed by atoms with Gasteiger partial charge >= 0.3 is 5.97 Å². The highest BCUT2D eigenvalue weighted by Gasteiger charge is 2.23. The van der Waals surface area contributed by atoms with Crippen molar-refractivity contribution in [1.82, 2.24) is 0 Å². The van der Waals surface area contributed by atoms with E-state index in [2.05, 4.69) is 0 Å². The quantitative estimate of drug-likeness (QED) is 0.599. The van der Waals surface area contributed by atoms with Crippen molar-refractivity contribution in [2.75, 3.05) is 5.73 Å². The molecule has 1 fully saturated rings. The molecule has 2 rings (SSSR count). The van der Waals surface area contributed by atoms with Gasteiger partial charge in [-0.25, -0.2) is 9.18 Å². The van der Waals surface area contributed by atoms with Crippen LogP contribution in [0.15, 0.2) is 18.2 Å². The molecule has 1 saturated carbocycles. The molecule has 0 radical (unpaired) electrons. The van der Waals surface area contributed by atoms with Crippen molar-refractivity contribution >= 4 is 11.7 Å². The third-order valence-corrected chi connectivity index (χ3v) is 2.56. The summed E-state index contributed by atoms with van der Waals surface area (Å²) in [5, 5.41) is 0. The smallest absolute Gasteiger partial charge is 0.340 e. The number of esters is 1. The summed E-state index contributed by atoms with van der Waals surface area (Å²) < 4.78 is 17.9. The highest BCUT2D eigenvalue weighted by Crippen LogP contribution is 2.24. The number of carbonyl (C=O) groups is 1.